The third-order valence-electron chi connectivity index (χ3n) is 5.33. The number of anilines is 2. The number of benzene rings is 1. The highest BCUT2D eigenvalue weighted by Crippen LogP contribution is 2.34. The van der Waals surface area contributed by atoms with Crippen molar-refractivity contribution >= 4 is 39.0 Å². The highest BCUT2D eigenvalue weighted by molar-refractivity contribution is 7.20. The second-order valence-electron chi connectivity index (χ2n) is 7.39. The summed E-state index contributed by atoms with van der Waals surface area (Å²) in [5.41, 5.74) is 2.17. The average Bonchev–Trinajstić information content (AvgIpc) is 3.32. The Hall–Kier alpha value is -2.67. The topological polar surface area (TPSA) is 67.3 Å². The van der Waals surface area contributed by atoms with Crippen LogP contribution in [-0.4, -0.2) is 42.2 Å². The van der Waals surface area contributed by atoms with E-state index in [0.717, 1.165) is 47.7 Å². The van der Waals surface area contributed by atoms with E-state index in [9.17, 15) is 4.79 Å². The predicted molar refractivity (Wildman–Crippen MR) is 118 cm³/mol. The Balaban J connectivity index is 1.51. The molecule has 0 aliphatic carbocycles. The number of para-hydroxylation sites is 1. The Kier molecular flexibility index (Phi) is 5.67. The molecule has 0 spiro atoms. The molecule has 1 aromatic carbocycles. The predicted octanol–water partition coefficient (Wildman–Crippen LogP) is 4.42. The second-order valence-corrected chi connectivity index (χ2v) is 8.39. The van der Waals surface area contributed by atoms with Gasteiger partial charge in [0, 0.05) is 25.3 Å². The van der Waals surface area contributed by atoms with Crippen molar-refractivity contribution in [3.63, 3.8) is 0 Å². The summed E-state index contributed by atoms with van der Waals surface area (Å²) < 4.78 is 5.20. The van der Waals surface area contributed by atoms with Gasteiger partial charge in [-0.2, -0.15) is 0 Å². The summed E-state index contributed by atoms with van der Waals surface area (Å²) in [6.07, 6.45) is 1.14. The first-order chi connectivity index (χ1) is 14.1. The summed E-state index contributed by atoms with van der Waals surface area (Å²) >= 11 is 1.38. The number of carbonyl (C=O) groups excluding carboxylic acids is 1. The first-order valence-corrected chi connectivity index (χ1v) is 10.9. The number of aromatic nitrogens is 2. The molecule has 1 fully saturated rings. The minimum absolute atomic E-state index is 0.286. The molecule has 6 nitrogen and oxygen atoms in total. The molecule has 1 aliphatic heterocycles. The number of nitrogens with one attached hydrogen (secondary N) is 1. The van der Waals surface area contributed by atoms with Crippen LogP contribution in [0.25, 0.3) is 10.2 Å². The molecule has 4 rings (SSSR count). The highest BCUT2D eigenvalue weighted by Gasteiger charge is 2.24. The monoisotopic (exact) mass is 410 g/mol. The SMILES string of the molecule is CCOC(=O)c1sc2nc(C)nc(NCC3CCN(c4ccccc4)C3)c2c1C. The van der Waals surface area contributed by atoms with Crippen LogP contribution in [0.3, 0.4) is 0 Å². The van der Waals surface area contributed by atoms with E-state index in [4.69, 9.17) is 4.74 Å². The van der Waals surface area contributed by atoms with E-state index >= 15 is 0 Å². The van der Waals surface area contributed by atoms with Crippen LogP contribution >= 0.6 is 11.3 Å². The standard InChI is InChI=1S/C22H26N4O2S/c1-4-28-22(27)19-14(2)18-20(24-15(3)25-21(18)29-19)23-12-16-10-11-26(13-16)17-8-6-5-7-9-17/h5-9,16H,4,10-13H2,1-3H3,(H,23,24,25). The van der Waals surface area contributed by atoms with Crippen LogP contribution in [0.15, 0.2) is 30.3 Å². The van der Waals surface area contributed by atoms with Crippen LogP contribution < -0.4 is 10.2 Å². The van der Waals surface area contributed by atoms with Crippen molar-refractivity contribution in [2.75, 3.05) is 36.5 Å². The molecule has 1 aliphatic rings. The molecule has 3 aromatic rings. The summed E-state index contributed by atoms with van der Waals surface area (Å²) in [6, 6.07) is 10.6. The normalized spacial score (nSPS) is 16.4. The van der Waals surface area contributed by atoms with E-state index < -0.39 is 0 Å². The van der Waals surface area contributed by atoms with Crippen molar-refractivity contribution in [3.05, 3.63) is 46.6 Å². The molecule has 0 amide bonds. The lowest BCUT2D eigenvalue weighted by molar-refractivity contribution is 0.0531. The average molecular weight is 411 g/mol. The van der Waals surface area contributed by atoms with Crippen LogP contribution in [0, 0.1) is 19.8 Å². The van der Waals surface area contributed by atoms with Gasteiger partial charge in [-0.3, -0.25) is 0 Å². The largest absolute Gasteiger partial charge is 0.462 e. The smallest absolute Gasteiger partial charge is 0.348 e. The minimum Gasteiger partial charge on any atom is -0.462 e. The van der Waals surface area contributed by atoms with Crippen LogP contribution in [0.5, 0.6) is 0 Å². The second kappa shape index (κ2) is 8.37. The van der Waals surface area contributed by atoms with Crippen LogP contribution in [0.4, 0.5) is 11.5 Å². The van der Waals surface area contributed by atoms with Crippen molar-refractivity contribution in [2.45, 2.75) is 27.2 Å². The van der Waals surface area contributed by atoms with E-state index in [1.165, 1.54) is 17.0 Å². The quantitative estimate of drug-likeness (QED) is 0.607. The molecule has 2 aromatic heterocycles. The zero-order chi connectivity index (χ0) is 20.4. The fourth-order valence-corrected chi connectivity index (χ4v) is 5.00. The summed E-state index contributed by atoms with van der Waals surface area (Å²) in [4.78, 5) is 25.3. The number of aryl methyl sites for hydroxylation is 2. The number of esters is 1. The fraction of sp³-hybridized carbons (Fsp3) is 0.409. The zero-order valence-corrected chi connectivity index (χ0v) is 17.9. The Morgan fingerprint density at radius 2 is 2.07 bits per heavy atom. The number of thiophene rings is 1. The van der Waals surface area contributed by atoms with E-state index in [2.05, 4.69) is 50.5 Å². The van der Waals surface area contributed by atoms with Crippen molar-refractivity contribution in [1.29, 1.82) is 0 Å². The van der Waals surface area contributed by atoms with Gasteiger partial charge in [0.05, 0.1) is 12.0 Å². The Morgan fingerprint density at radius 1 is 1.28 bits per heavy atom. The number of fused-ring (bicyclic) bond motifs is 1. The number of nitrogens with zero attached hydrogens (tertiary/aromatic N) is 3. The van der Waals surface area contributed by atoms with Gasteiger partial charge in [-0.25, -0.2) is 14.8 Å². The molecule has 0 bridgehead atoms. The van der Waals surface area contributed by atoms with Crippen LogP contribution in [-0.2, 0) is 4.74 Å². The molecule has 1 unspecified atom stereocenters. The Morgan fingerprint density at radius 3 is 2.83 bits per heavy atom. The summed E-state index contributed by atoms with van der Waals surface area (Å²) in [5, 5.41) is 4.48. The molecular weight excluding hydrogens is 384 g/mol. The zero-order valence-electron chi connectivity index (χ0n) is 17.1. The number of hydrogen-bond donors (Lipinski definition) is 1. The van der Waals surface area contributed by atoms with Crippen molar-refractivity contribution in [1.82, 2.24) is 9.97 Å². The van der Waals surface area contributed by atoms with E-state index in [1.807, 2.05) is 20.8 Å². The molecule has 7 heteroatoms. The fourth-order valence-electron chi connectivity index (χ4n) is 3.88. The summed E-state index contributed by atoms with van der Waals surface area (Å²) in [7, 11) is 0. The molecule has 0 saturated carbocycles. The molecule has 1 N–H and O–H groups in total. The number of hydrogen-bond acceptors (Lipinski definition) is 7. The third kappa shape index (κ3) is 4.05. The summed E-state index contributed by atoms with van der Waals surface area (Å²) in [6.45, 7) is 8.96. The maximum absolute atomic E-state index is 12.3. The van der Waals surface area contributed by atoms with E-state index in [1.54, 1.807) is 0 Å². The third-order valence-corrected chi connectivity index (χ3v) is 6.49. The molecule has 1 atom stereocenters. The maximum atomic E-state index is 12.3. The van der Waals surface area contributed by atoms with E-state index in [-0.39, 0.29) is 5.97 Å². The number of ether oxygens (including phenoxy) is 1. The van der Waals surface area contributed by atoms with Gasteiger partial charge in [-0.1, -0.05) is 18.2 Å². The number of carbonyl (C=O) groups is 1. The molecule has 0 radical (unpaired) electrons. The number of rotatable bonds is 6. The van der Waals surface area contributed by atoms with Crippen molar-refractivity contribution in [2.24, 2.45) is 5.92 Å². The first kappa shape index (κ1) is 19.6. The van der Waals surface area contributed by atoms with Gasteiger partial charge in [0.15, 0.2) is 0 Å². The summed E-state index contributed by atoms with van der Waals surface area (Å²) in [5.74, 6) is 1.78. The Labute approximate surface area is 174 Å². The van der Waals surface area contributed by atoms with Crippen molar-refractivity contribution < 1.29 is 9.53 Å². The van der Waals surface area contributed by atoms with Gasteiger partial charge in [0.1, 0.15) is 21.3 Å². The maximum Gasteiger partial charge on any atom is 0.348 e. The van der Waals surface area contributed by atoms with Crippen LogP contribution in [0.2, 0.25) is 0 Å². The highest BCUT2D eigenvalue weighted by atomic mass is 32.1. The lowest BCUT2D eigenvalue weighted by Crippen LogP contribution is -2.22. The lowest BCUT2D eigenvalue weighted by Gasteiger charge is -2.19. The molecular formula is C22H26N4O2S. The van der Waals surface area contributed by atoms with Gasteiger partial charge < -0.3 is 15.0 Å². The Bertz CT molecular complexity index is 1020. The molecule has 152 valence electrons. The first-order valence-electron chi connectivity index (χ1n) is 10.1. The van der Waals surface area contributed by atoms with Gasteiger partial charge in [-0.05, 0) is 50.8 Å². The van der Waals surface area contributed by atoms with Gasteiger partial charge in [0.2, 0.25) is 0 Å². The molecule has 3 heterocycles. The van der Waals surface area contributed by atoms with Gasteiger partial charge >= 0.3 is 5.97 Å². The van der Waals surface area contributed by atoms with Gasteiger partial charge in [-0.15, -0.1) is 11.3 Å². The van der Waals surface area contributed by atoms with Crippen LogP contribution in [0.1, 0.15) is 34.4 Å². The van der Waals surface area contributed by atoms with Crippen molar-refractivity contribution in [3.8, 4) is 0 Å². The van der Waals surface area contributed by atoms with Gasteiger partial charge in [0.25, 0.3) is 0 Å². The van der Waals surface area contributed by atoms with E-state index in [0.29, 0.717) is 23.2 Å². The molecule has 1 saturated heterocycles. The molecule has 29 heavy (non-hydrogen) atoms. The minimum atomic E-state index is -0.286. The lowest BCUT2D eigenvalue weighted by atomic mass is 10.1.